The molecule has 0 aromatic carbocycles. The Balaban J connectivity index is 2.15. The maximum absolute atomic E-state index is 11.7. The van der Waals surface area contributed by atoms with Crippen molar-refractivity contribution in [1.82, 2.24) is 19.9 Å². The Morgan fingerprint density at radius 1 is 1.53 bits per heavy atom. The van der Waals surface area contributed by atoms with Crippen LogP contribution in [0, 0.1) is 6.92 Å². The van der Waals surface area contributed by atoms with E-state index in [4.69, 9.17) is 4.74 Å². The Morgan fingerprint density at radius 3 is 3.12 bits per heavy atom. The Morgan fingerprint density at radius 2 is 2.35 bits per heavy atom. The summed E-state index contributed by atoms with van der Waals surface area (Å²) in [5, 5.41) is 10.6. The van der Waals surface area contributed by atoms with Crippen LogP contribution in [-0.4, -0.2) is 40.8 Å². The zero-order valence-electron chi connectivity index (χ0n) is 9.80. The molecule has 0 spiro atoms. The van der Waals surface area contributed by atoms with E-state index in [-0.39, 0.29) is 5.91 Å². The van der Waals surface area contributed by atoms with E-state index in [1.807, 2.05) is 11.3 Å². The third-order valence-electron chi connectivity index (χ3n) is 2.43. The summed E-state index contributed by atoms with van der Waals surface area (Å²) < 4.78 is 6.69. The summed E-state index contributed by atoms with van der Waals surface area (Å²) in [5.41, 5.74) is 1.24. The number of carbonyl (C=O) groups excluding carboxylic acids is 1. The second-order valence-electron chi connectivity index (χ2n) is 3.64. The molecule has 2 aromatic rings. The number of nitrogens with zero attached hydrogens (tertiary/aromatic N) is 3. The fraction of sp³-hybridized carbons (Fsp3) is 0.364. The van der Waals surface area contributed by atoms with Crippen molar-refractivity contribution in [3.8, 4) is 0 Å². The third kappa shape index (κ3) is 2.42. The number of pyridine rings is 1. The number of amides is 1. The van der Waals surface area contributed by atoms with Crippen LogP contribution in [0.4, 0.5) is 0 Å². The maximum atomic E-state index is 11.7. The van der Waals surface area contributed by atoms with Gasteiger partial charge in [0.05, 0.1) is 6.61 Å². The lowest BCUT2D eigenvalue weighted by Gasteiger charge is -2.04. The number of fused-ring (bicyclic) bond motifs is 1. The van der Waals surface area contributed by atoms with Gasteiger partial charge in [-0.2, -0.15) is 0 Å². The van der Waals surface area contributed by atoms with Gasteiger partial charge in [-0.25, -0.2) is 0 Å². The first-order chi connectivity index (χ1) is 8.22. The van der Waals surface area contributed by atoms with Crippen LogP contribution in [0.5, 0.6) is 0 Å². The van der Waals surface area contributed by atoms with Crippen molar-refractivity contribution < 1.29 is 9.53 Å². The van der Waals surface area contributed by atoms with Crippen LogP contribution < -0.4 is 5.32 Å². The number of hydrogen-bond donors (Lipinski definition) is 1. The number of hydrogen-bond acceptors (Lipinski definition) is 4. The lowest BCUT2D eigenvalue weighted by molar-refractivity contribution is 0.0937. The average molecular weight is 234 g/mol. The molecule has 17 heavy (non-hydrogen) atoms. The van der Waals surface area contributed by atoms with Gasteiger partial charge in [-0.3, -0.25) is 9.20 Å². The zero-order chi connectivity index (χ0) is 12.3. The second-order valence-corrected chi connectivity index (χ2v) is 3.64. The van der Waals surface area contributed by atoms with Crippen LogP contribution in [-0.2, 0) is 4.74 Å². The molecule has 0 atom stereocenters. The van der Waals surface area contributed by atoms with Gasteiger partial charge in [-0.05, 0) is 19.1 Å². The molecule has 90 valence electrons. The Hall–Kier alpha value is -1.95. The van der Waals surface area contributed by atoms with Gasteiger partial charge >= 0.3 is 0 Å². The fourth-order valence-electron chi connectivity index (χ4n) is 1.52. The lowest BCUT2D eigenvalue weighted by atomic mass is 10.2. The summed E-state index contributed by atoms with van der Waals surface area (Å²) in [7, 11) is 1.59. The van der Waals surface area contributed by atoms with E-state index in [0.717, 1.165) is 5.82 Å². The number of aryl methyl sites for hydroxylation is 1. The summed E-state index contributed by atoms with van der Waals surface area (Å²) >= 11 is 0. The molecule has 0 aliphatic rings. The van der Waals surface area contributed by atoms with Crippen LogP contribution in [0.15, 0.2) is 18.3 Å². The van der Waals surface area contributed by atoms with Gasteiger partial charge in [0.2, 0.25) is 0 Å². The molecule has 1 amide bonds. The minimum atomic E-state index is -0.134. The van der Waals surface area contributed by atoms with Crippen LogP contribution in [0.3, 0.4) is 0 Å². The van der Waals surface area contributed by atoms with Crippen molar-refractivity contribution in [2.45, 2.75) is 6.92 Å². The summed E-state index contributed by atoms with van der Waals surface area (Å²) in [5.74, 6) is 0.663. The van der Waals surface area contributed by atoms with Gasteiger partial charge in [0.25, 0.3) is 5.91 Å². The quantitative estimate of drug-likeness (QED) is 0.778. The van der Waals surface area contributed by atoms with Crippen molar-refractivity contribution in [3.05, 3.63) is 29.7 Å². The molecule has 0 fully saturated rings. The Bertz CT molecular complexity index is 535. The van der Waals surface area contributed by atoms with Crippen LogP contribution in [0.2, 0.25) is 0 Å². The highest BCUT2D eigenvalue weighted by molar-refractivity contribution is 5.94. The molecule has 0 aliphatic carbocycles. The first-order valence-electron chi connectivity index (χ1n) is 5.31. The number of carbonyl (C=O) groups is 1. The molecule has 2 aromatic heterocycles. The fourth-order valence-corrected chi connectivity index (χ4v) is 1.52. The first-order valence-corrected chi connectivity index (χ1v) is 5.31. The molecule has 6 heteroatoms. The second kappa shape index (κ2) is 4.92. The van der Waals surface area contributed by atoms with Gasteiger partial charge in [0.1, 0.15) is 5.82 Å². The van der Waals surface area contributed by atoms with E-state index in [1.165, 1.54) is 0 Å². The van der Waals surface area contributed by atoms with E-state index < -0.39 is 0 Å². The molecule has 1 N–H and O–H groups in total. The Kier molecular flexibility index (Phi) is 3.34. The molecule has 0 saturated carbocycles. The largest absolute Gasteiger partial charge is 0.383 e. The van der Waals surface area contributed by atoms with E-state index in [1.54, 1.807) is 25.4 Å². The summed E-state index contributed by atoms with van der Waals surface area (Å²) in [4.78, 5) is 11.7. The highest BCUT2D eigenvalue weighted by atomic mass is 16.5. The van der Waals surface area contributed by atoms with E-state index in [9.17, 15) is 4.79 Å². The maximum Gasteiger partial charge on any atom is 0.251 e. The molecule has 2 heterocycles. The summed E-state index contributed by atoms with van der Waals surface area (Å²) in [6, 6.07) is 3.45. The first kappa shape index (κ1) is 11.5. The highest BCUT2D eigenvalue weighted by Gasteiger charge is 2.07. The van der Waals surface area contributed by atoms with Crippen molar-refractivity contribution in [3.63, 3.8) is 0 Å². The van der Waals surface area contributed by atoms with Crippen molar-refractivity contribution >= 4 is 11.6 Å². The minimum absolute atomic E-state index is 0.134. The van der Waals surface area contributed by atoms with Gasteiger partial charge < -0.3 is 10.1 Å². The predicted molar refractivity (Wildman–Crippen MR) is 61.9 cm³/mol. The number of aromatic nitrogens is 3. The van der Waals surface area contributed by atoms with E-state index in [0.29, 0.717) is 24.4 Å². The van der Waals surface area contributed by atoms with E-state index >= 15 is 0 Å². The van der Waals surface area contributed by atoms with Gasteiger partial charge in [0.15, 0.2) is 5.65 Å². The number of nitrogens with one attached hydrogen (secondary N) is 1. The van der Waals surface area contributed by atoms with Crippen molar-refractivity contribution in [2.75, 3.05) is 20.3 Å². The zero-order valence-corrected chi connectivity index (χ0v) is 9.80. The van der Waals surface area contributed by atoms with Gasteiger partial charge in [-0.15, -0.1) is 10.2 Å². The number of methoxy groups -OCH3 is 1. The summed E-state index contributed by atoms with van der Waals surface area (Å²) in [6.45, 7) is 2.85. The topological polar surface area (TPSA) is 68.5 Å². The smallest absolute Gasteiger partial charge is 0.251 e. The molecule has 0 aliphatic heterocycles. The molecule has 6 nitrogen and oxygen atoms in total. The van der Waals surface area contributed by atoms with Gasteiger partial charge in [0, 0.05) is 25.4 Å². The molecular formula is C11H14N4O2. The highest BCUT2D eigenvalue weighted by Crippen LogP contribution is 2.06. The molecule has 0 saturated heterocycles. The minimum Gasteiger partial charge on any atom is -0.383 e. The third-order valence-corrected chi connectivity index (χ3v) is 2.43. The predicted octanol–water partition coefficient (Wildman–Crippen LogP) is 0.414. The number of rotatable bonds is 4. The van der Waals surface area contributed by atoms with Crippen LogP contribution in [0.25, 0.3) is 5.65 Å². The Labute approximate surface area is 98.6 Å². The van der Waals surface area contributed by atoms with Gasteiger partial charge in [-0.1, -0.05) is 0 Å². The lowest BCUT2D eigenvalue weighted by Crippen LogP contribution is -2.26. The monoisotopic (exact) mass is 234 g/mol. The van der Waals surface area contributed by atoms with Crippen LogP contribution in [0.1, 0.15) is 16.2 Å². The van der Waals surface area contributed by atoms with Crippen LogP contribution >= 0.6 is 0 Å². The molecule has 0 radical (unpaired) electrons. The molecule has 0 unspecified atom stereocenters. The summed E-state index contributed by atoms with van der Waals surface area (Å²) in [6.07, 6.45) is 1.79. The number of ether oxygens (including phenoxy) is 1. The van der Waals surface area contributed by atoms with Crippen molar-refractivity contribution in [1.29, 1.82) is 0 Å². The van der Waals surface area contributed by atoms with Crippen molar-refractivity contribution in [2.24, 2.45) is 0 Å². The standard InChI is InChI=1S/C11H14N4O2/c1-8-13-14-10-7-9(3-5-15(8)10)11(16)12-4-6-17-2/h3,5,7H,4,6H2,1-2H3,(H,12,16). The SMILES string of the molecule is COCCNC(=O)c1ccn2c(C)nnc2c1. The molecular weight excluding hydrogens is 220 g/mol. The average Bonchev–Trinajstić information content (AvgIpc) is 2.71. The van der Waals surface area contributed by atoms with E-state index in [2.05, 4.69) is 15.5 Å². The molecule has 0 bridgehead atoms. The molecule has 2 rings (SSSR count). The normalized spacial score (nSPS) is 10.7.